The number of benzene rings is 2. The average Bonchev–Trinajstić information content (AvgIpc) is 2.78. The van der Waals surface area contributed by atoms with E-state index in [1.807, 2.05) is 25.1 Å². The van der Waals surface area contributed by atoms with Crippen LogP contribution < -0.4 is 20.3 Å². The van der Waals surface area contributed by atoms with Crippen LogP contribution in [0.1, 0.15) is 21.6 Å². The van der Waals surface area contributed by atoms with Gasteiger partial charge in [-0.2, -0.15) is 0 Å². The van der Waals surface area contributed by atoms with Crippen LogP contribution in [0.5, 0.6) is 11.5 Å². The number of nitrogens with zero attached hydrogens (tertiary/aromatic N) is 2. The number of fused-ring (bicyclic) bond motifs is 1. The molecule has 2 heterocycles. The highest BCUT2D eigenvalue weighted by Crippen LogP contribution is 2.25. The quantitative estimate of drug-likeness (QED) is 0.517. The fraction of sp³-hybridized carbons (Fsp3) is 0.125. The Morgan fingerprint density at radius 1 is 1.06 bits per heavy atom. The largest absolute Gasteiger partial charge is 0.497 e. The number of ether oxygens (including phenoxy) is 2. The van der Waals surface area contributed by atoms with Crippen molar-refractivity contribution in [3.05, 3.63) is 100 Å². The number of nitrogens with one attached hydrogen (secondary N) is 1. The maximum atomic E-state index is 12.7. The van der Waals surface area contributed by atoms with Crippen molar-refractivity contribution in [3.8, 4) is 11.5 Å². The predicted octanol–water partition coefficient (Wildman–Crippen LogP) is 3.84. The lowest BCUT2D eigenvalue weighted by Crippen LogP contribution is -2.17. The highest BCUT2D eigenvalue weighted by Gasteiger charge is 2.11. The van der Waals surface area contributed by atoms with Crippen molar-refractivity contribution in [2.75, 3.05) is 12.4 Å². The van der Waals surface area contributed by atoms with E-state index in [2.05, 4.69) is 10.3 Å². The van der Waals surface area contributed by atoms with Gasteiger partial charge in [0.05, 0.1) is 18.5 Å². The summed E-state index contributed by atoms with van der Waals surface area (Å²) in [5.41, 5.74) is 2.88. The Morgan fingerprint density at radius 3 is 2.74 bits per heavy atom. The van der Waals surface area contributed by atoms with Gasteiger partial charge in [0.25, 0.3) is 11.5 Å². The van der Waals surface area contributed by atoms with Gasteiger partial charge in [0.15, 0.2) is 0 Å². The minimum atomic E-state index is -0.285. The molecule has 0 aliphatic rings. The number of amides is 1. The summed E-state index contributed by atoms with van der Waals surface area (Å²) in [6.45, 7) is 2.03. The Kier molecular flexibility index (Phi) is 5.66. The molecule has 1 N–H and O–H groups in total. The molecule has 2 aromatic carbocycles. The Labute approximate surface area is 178 Å². The fourth-order valence-corrected chi connectivity index (χ4v) is 3.13. The molecule has 0 aliphatic heterocycles. The summed E-state index contributed by atoms with van der Waals surface area (Å²) in [5, 5.41) is 2.86. The molecule has 0 spiro atoms. The van der Waals surface area contributed by atoms with Crippen molar-refractivity contribution >= 4 is 17.2 Å². The SMILES string of the molecule is COc1cccc(C(=O)Nc2ccccc2OCc2cc(=O)n3ccc(C)cc3n2)c1. The van der Waals surface area contributed by atoms with Gasteiger partial charge in [0.2, 0.25) is 0 Å². The summed E-state index contributed by atoms with van der Waals surface area (Å²) in [6.07, 6.45) is 1.70. The third kappa shape index (κ3) is 4.56. The van der Waals surface area contributed by atoms with E-state index in [9.17, 15) is 9.59 Å². The average molecular weight is 415 g/mol. The summed E-state index contributed by atoms with van der Waals surface area (Å²) in [5.74, 6) is 0.790. The second-order valence-electron chi connectivity index (χ2n) is 6.99. The summed E-state index contributed by atoms with van der Waals surface area (Å²) in [6, 6.07) is 19.1. The number of hydrogen-bond acceptors (Lipinski definition) is 5. The molecule has 0 atom stereocenters. The number of rotatable bonds is 6. The van der Waals surface area contributed by atoms with Crippen LogP contribution in [0.3, 0.4) is 0 Å². The first-order chi connectivity index (χ1) is 15.0. The first-order valence-electron chi connectivity index (χ1n) is 9.70. The van der Waals surface area contributed by atoms with Gasteiger partial charge in [0, 0.05) is 17.8 Å². The summed E-state index contributed by atoms with van der Waals surface area (Å²) >= 11 is 0. The van der Waals surface area contributed by atoms with E-state index in [0.717, 1.165) is 5.56 Å². The van der Waals surface area contributed by atoms with Crippen LogP contribution in [0, 0.1) is 6.92 Å². The zero-order valence-corrected chi connectivity index (χ0v) is 17.2. The Balaban J connectivity index is 1.53. The number of pyridine rings is 1. The minimum Gasteiger partial charge on any atom is -0.497 e. The van der Waals surface area contributed by atoms with Gasteiger partial charge in [-0.25, -0.2) is 4.98 Å². The van der Waals surface area contributed by atoms with Gasteiger partial charge in [-0.15, -0.1) is 0 Å². The van der Waals surface area contributed by atoms with Crippen LogP contribution in [0.2, 0.25) is 0 Å². The van der Waals surface area contributed by atoms with E-state index in [1.165, 1.54) is 10.5 Å². The van der Waals surface area contributed by atoms with Gasteiger partial charge in [-0.1, -0.05) is 18.2 Å². The zero-order valence-electron chi connectivity index (χ0n) is 17.2. The van der Waals surface area contributed by atoms with E-state index >= 15 is 0 Å². The molecule has 0 radical (unpaired) electrons. The molecule has 156 valence electrons. The van der Waals surface area contributed by atoms with Crippen LogP contribution in [0.25, 0.3) is 5.65 Å². The number of methoxy groups -OCH3 is 1. The van der Waals surface area contributed by atoms with E-state index < -0.39 is 0 Å². The third-order valence-corrected chi connectivity index (χ3v) is 4.72. The van der Waals surface area contributed by atoms with Crippen LogP contribution in [0.4, 0.5) is 5.69 Å². The molecule has 4 rings (SSSR count). The molecule has 2 aromatic heterocycles. The van der Waals surface area contributed by atoms with Crippen molar-refractivity contribution in [2.45, 2.75) is 13.5 Å². The molecule has 0 aliphatic carbocycles. The second-order valence-corrected chi connectivity index (χ2v) is 6.99. The molecule has 0 bridgehead atoms. The lowest BCUT2D eigenvalue weighted by atomic mass is 10.2. The molecule has 0 saturated heterocycles. The molecule has 1 amide bonds. The first kappa shape index (κ1) is 20.2. The molecule has 0 fully saturated rings. The number of carbonyl (C=O) groups is 1. The molecular weight excluding hydrogens is 394 g/mol. The number of hydrogen-bond donors (Lipinski definition) is 1. The van der Waals surface area contributed by atoms with E-state index in [-0.39, 0.29) is 18.1 Å². The van der Waals surface area contributed by atoms with Gasteiger partial charge in [0.1, 0.15) is 23.8 Å². The van der Waals surface area contributed by atoms with Gasteiger partial charge in [-0.05, 0) is 55.0 Å². The Morgan fingerprint density at radius 2 is 1.90 bits per heavy atom. The number of aromatic nitrogens is 2. The molecule has 4 aromatic rings. The van der Waals surface area contributed by atoms with E-state index in [1.54, 1.807) is 55.8 Å². The normalized spacial score (nSPS) is 10.6. The lowest BCUT2D eigenvalue weighted by Gasteiger charge is -2.13. The van der Waals surface area contributed by atoms with Crippen molar-refractivity contribution < 1.29 is 14.3 Å². The van der Waals surface area contributed by atoms with Gasteiger partial charge in [-0.3, -0.25) is 14.0 Å². The minimum absolute atomic E-state index is 0.0890. The van der Waals surface area contributed by atoms with E-state index in [0.29, 0.717) is 34.1 Å². The molecule has 0 unspecified atom stereocenters. The fourth-order valence-electron chi connectivity index (χ4n) is 3.13. The number of carbonyl (C=O) groups excluding carboxylic acids is 1. The van der Waals surface area contributed by atoms with Crippen LogP contribution in [-0.4, -0.2) is 22.4 Å². The molecule has 7 nitrogen and oxygen atoms in total. The maximum Gasteiger partial charge on any atom is 0.258 e. The lowest BCUT2D eigenvalue weighted by molar-refractivity contribution is 0.102. The van der Waals surface area contributed by atoms with Gasteiger partial charge < -0.3 is 14.8 Å². The van der Waals surface area contributed by atoms with Crippen LogP contribution in [0.15, 0.2) is 77.7 Å². The predicted molar refractivity (Wildman–Crippen MR) is 118 cm³/mol. The zero-order chi connectivity index (χ0) is 21.8. The molecule has 7 heteroatoms. The van der Waals surface area contributed by atoms with Crippen molar-refractivity contribution in [2.24, 2.45) is 0 Å². The summed E-state index contributed by atoms with van der Waals surface area (Å²) < 4.78 is 12.5. The van der Waals surface area contributed by atoms with Gasteiger partial charge >= 0.3 is 0 Å². The topological polar surface area (TPSA) is 81.9 Å². The van der Waals surface area contributed by atoms with Crippen molar-refractivity contribution in [1.82, 2.24) is 9.38 Å². The van der Waals surface area contributed by atoms with E-state index in [4.69, 9.17) is 9.47 Å². The molecule has 31 heavy (non-hydrogen) atoms. The van der Waals surface area contributed by atoms with Crippen molar-refractivity contribution in [3.63, 3.8) is 0 Å². The standard InChI is InChI=1S/C24H21N3O4/c1-16-10-11-27-22(12-16)25-18(14-23(27)28)15-31-21-9-4-3-8-20(21)26-24(29)17-6-5-7-19(13-17)30-2/h3-14H,15H2,1-2H3,(H,26,29). The third-order valence-electron chi connectivity index (χ3n) is 4.72. The van der Waals surface area contributed by atoms with Crippen molar-refractivity contribution in [1.29, 1.82) is 0 Å². The maximum absolute atomic E-state index is 12.7. The Bertz CT molecular complexity index is 1310. The number of anilines is 1. The summed E-state index contributed by atoms with van der Waals surface area (Å²) in [7, 11) is 1.55. The second kappa shape index (κ2) is 8.71. The monoisotopic (exact) mass is 415 g/mol. The smallest absolute Gasteiger partial charge is 0.258 e. The van der Waals surface area contributed by atoms with Crippen LogP contribution in [-0.2, 0) is 6.61 Å². The Hall–Kier alpha value is -4.13. The highest BCUT2D eigenvalue weighted by atomic mass is 16.5. The number of aryl methyl sites for hydroxylation is 1. The number of para-hydroxylation sites is 2. The summed E-state index contributed by atoms with van der Waals surface area (Å²) in [4.78, 5) is 29.5. The molecule has 0 saturated carbocycles. The molecular formula is C24H21N3O4. The highest BCUT2D eigenvalue weighted by molar-refractivity contribution is 6.05. The first-order valence-corrected chi connectivity index (χ1v) is 9.70. The van der Waals surface area contributed by atoms with Crippen LogP contribution >= 0.6 is 0 Å².